The van der Waals surface area contributed by atoms with Gasteiger partial charge in [0, 0.05) is 19.0 Å². The molecule has 0 saturated carbocycles. The van der Waals surface area contributed by atoms with E-state index in [9.17, 15) is 4.21 Å². The van der Waals surface area contributed by atoms with Gasteiger partial charge in [0.15, 0.2) is 0 Å². The Labute approximate surface area is 63.5 Å². The lowest BCUT2D eigenvalue weighted by Gasteiger charge is -2.20. The van der Waals surface area contributed by atoms with Crippen LogP contribution in [0, 0.1) is 5.92 Å². The van der Waals surface area contributed by atoms with Gasteiger partial charge in [-0.3, -0.25) is 5.14 Å². The standard InChI is InChI=1S/C6H13NO2S/c7-10(8)5-6-1-3-9-4-2-6/h6H,1-5,7H2. The van der Waals surface area contributed by atoms with Crippen LogP contribution < -0.4 is 5.14 Å². The summed E-state index contributed by atoms with van der Waals surface area (Å²) in [6, 6.07) is 0. The summed E-state index contributed by atoms with van der Waals surface area (Å²) in [6.07, 6.45) is 2.03. The first kappa shape index (κ1) is 8.17. The molecule has 0 radical (unpaired) electrons. The van der Waals surface area contributed by atoms with Crippen LogP contribution in [0.5, 0.6) is 0 Å². The molecule has 1 rings (SSSR count). The van der Waals surface area contributed by atoms with Gasteiger partial charge in [0.25, 0.3) is 0 Å². The first-order valence-electron chi connectivity index (χ1n) is 3.49. The van der Waals surface area contributed by atoms with Crippen LogP contribution in [0.2, 0.25) is 0 Å². The van der Waals surface area contributed by atoms with Gasteiger partial charge >= 0.3 is 0 Å². The van der Waals surface area contributed by atoms with Crippen LogP contribution in [-0.4, -0.2) is 23.2 Å². The van der Waals surface area contributed by atoms with Crippen molar-refractivity contribution in [3.8, 4) is 0 Å². The Morgan fingerprint density at radius 1 is 1.50 bits per heavy atom. The quantitative estimate of drug-likeness (QED) is 0.624. The van der Waals surface area contributed by atoms with Crippen LogP contribution in [0.3, 0.4) is 0 Å². The Balaban J connectivity index is 2.19. The lowest BCUT2D eigenvalue weighted by atomic mass is 10.0. The summed E-state index contributed by atoms with van der Waals surface area (Å²) in [5.41, 5.74) is 0. The second-order valence-electron chi connectivity index (χ2n) is 2.60. The highest BCUT2D eigenvalue weighted by atomic mass is 32.2. The van der Waals surface area contributed by atoms with E-state index in [1.165, 1.54) is 0 Å². The van der Waals surface area contributed by atoms with Gasteiger partial charge in [-0.2, -0.15) is 0 Å². The predicted molar refractivity (Wildman–Crippen MR) is 40.7 cm³/mol. The van der Waals surface area contributed by atoms with Crippen molar-refractivity contribution in [3.63, 3.8) is 0 Å². The molecule has 0 spiro atoms. The Bertz CT molecular complexity index is 123. The van der Waals surface area contributed by atoms with Gasteiger partial charge in [0.05, 0.1) is 11.0 Å². The molecule has 4 heteroatoms. The maximum Gasteiger partial charge on any atom is 0.0890 e. The first-order chi connectivity index (χ1) is 4.79. The third-order valence-electron chi connectivity index (χ3n) is 1.74. The monoisotopic (exact) mass is 163 g/mol. The lowest BCUT2D eigenvalue weighted by Crippen LogP contribution is -2.23. The summed E-state index contributed by atoms with van der Waals surface area (Å²) in [7, 11) is -1.12. The van der Waals surface area contributed by atoms with Crippen molar-refractivity contribution in [2.24, 2.45) is 11.1 Å². The zero-order chi connectivity index (χ0) is 7.40. The largest absolute Gasteiger partial charge is 0.381 e. The molecule has 0 aromatic carbocycles. The molecule has 1 unspecified atom stereocenters. The second kappa shape index (κ2) is 4.05. The fourth-order valence-corrected chi connectivity index (χ4v) is 1.94. The van der Waals surface area contributed by atoms with E-state index in [1.807, 2.05) is 0 Å². The van der Waals surface area contributed by atoms with Crippen LogP contribution in [0.4, 0.5) is 0 Å². The van der Waals surface area contributed by atoms with Crippen LogP contribution in [0.1, 0.15) is 12.8 Å². The smallest absolute Gasteiger partial charge is 0.0890 e. The molecule has 60 valence electrons. The first-order valence-corrected chi connectivity index (χ1v) is 4.88. The molecule has 0 aromatic rings. The zero-order valence-electron chi connectivity index (χ0n) is 5.91. The SMILES string of the molecule is NS(=O)CC1CCOCC1. The summed E-state index contributed by atoms with van der Waals surface area (Å²) < 4.78 is 15.7. The average Bonchev–Trinajstić information content (AvgIpc) is 1.88. The molecule has 0 aromatic heterocycles. The predicted octanol–water partition coefficient (Wildman–Crippen LogP) is 0.0354. The highest BCUT2D eigenvalue weighted by Gasteiger charge is 2.14. The Kier molecular flexibility index (Phi) is 3.31. The van der Waals surface area contributed by atoms with Crippen LogP contribution in [0.25, 0.3) is 0 Å². The number of nitrogens with two attached hydrogens (primary N) is 1. The molecule has 1 atom stereocenters. The summed E-state index contributed by atoms with van der Waals surface area (Å²) in [5, 5.41) is 5.15. The van der Waals surface area contributed by atoms with Crippen molar-refractivity contribution in [1.29, 1.82) is 0 Å². The Morgan fingerprint density at radius 2 is 2.10 bits per heavy atom. The van der Waals surface area contributed by atoms with Gasteiger partial charge in [-0.05, 0) is 18.8 Å². The third-order valence-corrected chi connectivity index (χ3v) is 2.54. The van der Waals surface area contributed by atoms with Gasteiger partial charge in [-0.1, -0.05) is 0 Å². The fourth-order valence-electron chi connectivity index (χ4n) is 1.15. The second-order valence-corrected chi connectivity index (χ2v) is 3.70. The molecule has 0 amide bonds. The van der Waals surface area contributed by atoms with Gasteiger partial charge in [0.2, 0.25) is 0 Å². The molecule has 0 bridgehead atoms. The van der Waals surface area contributed by atoms with Crippen molar-refractivity contribution in [2.75, 3.05) is 19.0 Å². The van der Waals surface area contributed by atoms with Gasteiger partial charge < -0.3 is 4.74 Å². The molecule has 1 aliphatic rings. The summed E-state index contributed by atoms with van der Waals surface area (Å²) in [4.78, 5) is 0. The number of ether oxygens (including phenoxy) is 1. The van der Waals surface area contributed by atoms with E-state index >= 15 is 0 Å². The molecule has 2 N–H and O–H groups in total. The molecule has 3 nitrogen and oxygen atoms in total. The number of hydrogen-bond donors (Lipinski definition) is 1. The van der Waals surface area contributed by atoms with E-state index in [2.05, 4.69) is 0 Å². The maximum atomic E-state index is 10.6. The number of hydrogen-bond acceptors (Lipinski definition) is 2. The third kappa shape index (κ3) is 2.77. The number of rotatable bonds is 2. The molecular formula is C6H13NO2S. The molecule has 0 aliphatic carbocycles. The molecule has 1 aliphatic heterocycles. The topological polar surface area (TPSA) is 52.3 Å². The van der Waals surface area contributed by atoms with Crippen molar-refractivity contribution in [2.45, 2.75) is 12.8 Å². The van der Waals surface area contributed by atoms with Crippen molar-refractivity contribution < 1.29 is 8.95 Å². The Morgan fingerprint density at radius 3 is 2.60 bits per heavy atom. The normalized spacial score (nSPS) is 24.5. The minimum absolute atomic E-state index is 0.527. The molecule has 1 fully saturated rings. The minimum atomic E-state index is -1.12. The van der Waals surface area contributed by atoms with E-state index in [4.69, 9.17) is 9.88 Å². The van der Waals surface area contributed by atoms with Crippen molar-refractivity contribution in [1.82, 2.24) is 0 Å². The Hall–Kier alpha value is 0.0700. The molecule has 10 heavy (non-hydrogen) atoms. The minimum Gasteiger partial charge on any atom is -0.381 e. The highest BCUT2D eigenvalue weighted by Crippen LogP contribution is 2.14. The molecular weight excluding hydrogens is 150 g/mol. The average molecular weight is 163 g/mol. The van der Waals surface area contributed by atoms with Crippen molar-refractivity contribution >= 4 is 11.0 Å². The van der Waals surface area contributed by atoms with E-state index < -0.39 is 11.0 Å². The highest BCUT2D eigenvalue weighted by molar-refractivity contribution is 7.82. The maximum absolute atomic E-state index is 10.6. The lowest BCUT2D eigenvalue weighted by molar-refractivity contribution is 0.0726. The van der Waals surface area contributed by atoms with E-state index in [1.54, 1.807) is 0 Å². The molecule has 1 saturated heterocycles. The summed E-state index contributed by atoms with van der Waals surface area (Å²) >= 11 is 0. The van der Waals surface area contributed by atoms with Gasteiger partial charge in [-0.25, -0.2) is 4.21 Å². The molecule has 1 heterocycles. The summed E-state index contributed by atoms with van der Waals surface area (Å²) in [6.45, 7) is 1.61. The van der Waals surface area contributed by atoms with Gasteiger partial charge in [0.1, 0.15) is 0 Å². The van der Waals surface area contributed by atoms with E-state index in [0.717, 1.165) is 26.1 Å². The summed E-state index contributed by atoms with van der Waals surface area (Å²) in [5.74, 6) is 1.17. The van der Waals surface area contributed by atoms with Crippen LogP contribution in [0.15, 0.2) is 0 Å². The zero-order valence-corrected chi connectivity index (χ0v) is 6.73. The van der Waals surface area contributed by atoms with Crippen LogP contribution in [-0.2, 0) is 15.7 Å². The van der Waals surface area contributed by atoms with Crippen LogP contribution >= 0.6 is 0 Å². The van der Waals surface area contributed by atoms with E-state index in [-0.39, 0.29) is 0 Å². The fraction of sp³-hybridized carbons (Fsp3) is 1.00. The van der Waals surface area contributed by atoms with Crippen molar-refractivity contribution in [3.05, 3.63) is 0 Å². The van der Waals surface area contributed by atoms with Gasteiger partial charge in [-0.15, -0.1) is 0 Å². The van der Waals surface area contributed by atoms with E-state index in [0.29, 0.717) is 11.7 Å².